The summed E-state index contributed by atoms with van der Waals surface area (Å²) in [5.74, 6) is -0.704. The molecule has 0 aliphatic heterocycles. The molecule has 13 heavy (non-hydrogen) atoms. The summed E-state index contributed by atoms with van der Waals surface area (Å²) >= 11 is 0. The van der Waals surface area contributed by atoms with Crippen LogP contribution in [0.3, 0.4) is 0 Å². The number of rotatable bonds is 6. The highest BCUT2D eigenvalue weighted by Gasteiger charge is 2.15. The lowest BCUT2D eigenvalue weighted by molar-refractivity contribution is -0.145. The van der Waals surface area contributed by atoms with Gasteiger partial charge in [-0.3, -0.25) is 4.79 Å². The van der Waals surface area contributed by atoms with E-state index in [1.54, 1.807) is 6.92 Å². The Labute approximate surface area is 77.5 Å². The third-order valence-electron chi connectivity index (χ3n) is 1.36. The van der Waals surface area contributed by atoms with Crippen LogP contribution in [0.5, 0.6) is 0 Å². The molecule has 0 heterocycles. The van der Waals surface area contributed by atoms with Crippen molar-refractivity contribution >= 4 is 11.8 Å². The van der Waals surface area contributed by atoms with Gasteiger partial charge >= 0.3 is 5.97 Å². The van der Waals surface area contributed by atoms with E-state index in [-0.39, 0.29) is 12.4 Å². The van der Waals surface area contributed by atoms with Crippen LogP contribution in [0.1, 0.15) is 13.8 Å². The minimum absolute atomic E-state index is 0.0476. The fourth-order valence-corrected chi connectivity index (χ4v) is 0.701. The normalized spacial score (nSPS) is 11.8. The van der Waals surface area contributed by atoms with Crippen LogP contribution in [0.2, 0.25) is 0 Å². The van der Waals surface area contributed by atoms with Gasteiger partial charge in [0.25, 0.3) is 0 Å². The number of esters is 1. The zero-order valence-electron chi connectivity index (χ0n) is 7.91. The van der Waals surface area contributed by atoms with Gasteiger partial charge in [-0.25, -0.2) is 4.79 Å². The summed E-state index contributed by atoms with van der Waals surface area (Å²) in [6.45, 7) is 6.75. The first-order chi connectivity index (χ1) is 6.11. The molecule has 1 atom stereocenters. The summed E-state index contributed by atoms with van der Waals surface area (Å²) in [5, 5.41) is 0. The summed E-state index contributed by atoms with van der Waals surface area (Å²) in [5.41, 5.74) is 0. The standard InChI is InChI=1S/C9H14O4/c1-4-9(11)13-6-8(7(3)10)12-5-2/h4,8H,1,5-6H2,2-3H3. The van der Waals surface area contributed by atoms with Gasteiger partial charge in [0.1, 0.15) is 12.7 Å². The van der Waals surface area contributed by atoms with E-state index in [9.17, 15) is 9.59 Å². The average Bonchev–Trinajstić information content (AvgIpc) is 2.11. The van der Waals surface area contributed by atoms with Gasteiger partial charge in [-0.2, -0.15) is 0 Å². The Morgan fingerprint density at radius 3 is 2.54 bits per heavy atom. The summed E-state index contributed by atoms with van der Waals surface area (Å²) in [6.07, 6.45) is 0.386. The average molecular weight is 186 g/mol. The van der Waals surface area contributed by atoms with E-state index in [1.165, 1.54) is 6.92 Å². The first kappa shape index (κ1) is 11.8. The molecule has 0 amide bonds. The van der Waals surface area contributed by atoms with Gasteiger partial charge in [0.15, 0.2) is 5.78 Å². The number of hydrogen-bond donors (Lipinski definition) is 0. The van der Waals surface area contributed by atoms with Gasteiger partial charge in [-0.15, -0.1) is 0 Å². The van der Waals surface area contributed by atoms with Gasteiger partial charge in [-0.05, 0) is 13.8 Å². The van der Waals surface area contributed by atoms with Gasteiger partial charge < -0.3 is 9.47 Å². The Morgan fingerprint density at radius 2 is 2.15 bits per heavy atom. The Balaban J connectivity index is 3.88. The number of carbonyl (C=O) groups excluding carboxylic acids is 2. The van der Waals surface area contributed by atoms with E-state index in [0.717, 1.165) is 6.08 Å². The van der Waals surface area contributed by atoms with Crippen molar-refractivity contribution in [2.45, 2.75) is 20.0 Å². The highest BCUT2D eigenvalue weighted by atomic mass is 16.6. The smallest absolute Gasteiger partial charge is 0.330 e. The second kappa shape index (κ2) is 6.37. The third kappa shape index (κ3) is 5.14. The monoisotopic (exact) mass is 186 g/mol. The fraction of sp³-hybridized carbons (Fsp3) is 0.556. The maximum atomic E-state index is 10.9. The van der Waals surface area contributed by atoms with Crippen LogP contribution in [0, 0.1) is 0 Å². The van der Waals surface area contributed by atoms with Crippen LogP contribution in [-0.4, -0.2) is 31.1 Å². The lowest BCUT2D eigenvalue weighted by atomic mass is 10.3. The van der Waals surface area contributed by atoms with Crippen LogP contribution in [-0.2, 0) is 19.1 Å². The molecule has 0 bridgehead atoms. The van der Waals surface area contributed by atoms with Gasteiger partial charge in [0.05, 0.1) is 0 Å². The van der Waals surface area contributed by atoms with Gasteiger partial charge in [0.2, 0.25) is 0 Å². The quantitative estimate of drug-likeness (QED) is 0.453. The largest absolute Gasteiger partial charge is 0.459 e. The summed E-state index contributed by atoms with van der Waals surface area (Å²) in [7, 11) is 0. The minimum atomic E-state index is -0.658. The maximum Gasteiger partial charge on any atom is 0.330 e. The molecule has 0 saturated heterocycles. The molecule has 0 rings (SSSR count). The van der Waals surface area contributed by atoms with Crippen LogP contribution < -0.4 is 0 Å². The highest BCUT2D eigenvalue weighted by Crippen LogP contribution is 1.95. The Hall–Kier alpha value is -1.16. The lowest BCUT2D eigenvalue weighted by Crippen LogP contribution is -2.28. The number of hydrogen-bond acceptors (Lipinski definition) is 4. The molecule has 4 nitrogen and oxygen atoms in total. The van der Waals surface area contributed by atoms with Crippen LogP contribution in [0.25, 0.3) is 0 Å². The summed E-state index contributed by atoms with van der Waals surface area (Å²) in [6, 6.07) is 0. The molecule has 0 aliphatic carbocycles. The van der Waals surface area contributed by atoms with Crippen molar-refractivity contribution < 1.29 is 19.1 Å². The summed E-state index contributed by atoms with van der Waals surface area (Å²) in [4.78, 5) is 21.5. The van der Waals surface area contributed by atoms with Crippen LogP contribution >= 0.6 is 0 Å². The highest BCUT2D eigenvalue weighted by molar-refractivity contribution is 5.83. The molecule has 0 fully saturated rings. The van der Waals surface area contributed by atoms with Crippen molar-refractivity contribution in [1.29, 1.82) is 0 Å². The van der Waals surface area contributed by atoms with E-state index >= 15 is 0 Å². The van der Waals surface area contributed by atoms with Crippen molar-refractivity contribution in [2.24, 2.45) is 0 Å². The van der Waals surface area contributed by atoms with E-state index in [4.69, 9.17) is 4.74 Å². The van der Waals surface area contributed by atoms with Gasteiger partial charge in [-0.1, -0.05) is 6.58 Å². The lowest BCUT2D eigenvalue weighted by Gasteiger charge is -2.12. The van der Waals surface area contributed by atoms with Gasteiger partial charge in [0, 0.05) is 12.7 Å². The molecule has 1 unspecified atom stereocenters. The molecule has 0 radical (unpaired) electrons. The number of Topliss-reactive ketones (excluding diaryl/α,β-unsaturated/α-hetero) is 1. The van der Waals surface area contributed by atoms with E-state index < -0.39 is 12.1 Å². The van der Waals surface area contributed by atoms with E-state index in [1.807, 2.05) is 0 Å². The van der Waals surface area contributed by atoms with Crippen LogP contribution in [0.4, 0.5) is 0 Å². The number of ketones is 1. The fourth-order valence-electron chi connectivity index (χ4n) is 0.701. The molecule has 0 aromatic carbocycles. The zero-order chi connectivity index (χ0) is 10.3. The Kier molecular flexibility index (Phi) is 5.80. The Bertz CT molecular complexity index is 198. The minimum Gasteiger partial charge on any atom is -0.459 e. The maximum absolute atomic E-state index is 10.9. The number of carbonyl (C=O) groups is 2. The third-order valence-corrected chi connectivity index (χ3v) is 1.36. The first-order valence-corrected chi connectivity index (χ1v) is 4.03. The van der Waals surface area contributed by atoms with Crippen molar-refractivity contribution in [2.75, 3.05) is 13.2 Å². The molecule has 0 spiro atoms. The van der Waals surface area contributed by atoms with Crippen molar-refractivity contribution in [1.82, 2.24) is 0 Å². The molecule has 0 aromatic rings. The predicted octanol–water partition coefficient (Wildman–Crippen LogP) is 0.710. The van der Waals surface area contributed by atoms with Crippen molar-refractivity contribution in [3.05, 3.63) is 12.7 Å². The predicted molar refractivity (Wildman–Crippen MR) is 47.3 cm³/mol. The second-order valence-corrected chi connectivity index (χ2v) is 2.39. The molecule has 4 heteroatoms. The molecule has 0 aliphatic rings. The molecular formula is C9H14O4. The van der Waals surface area contributed by atoms with Crippen molar-refractivity contribution in [3.8, 4) is 0 Å². The first-order valence-electron chi connectivity index (χ1n) is 4.03. The topological polar surface area (TPSA) is 52.6 Å². The number of ether oxygens (including phenoxy) is 2. The molecule has 0 saturated carbocycles. The van der Waals surface area contributed by atoms with Crippen molar-refractivity contribution in [3.63, 3.8) is 0 Å². The summed E-state index contributed by atoms with van der Waals surface area (Å²) < 4.78 is 9.70. The molecular weight excluding hydrogens is 172 g/mol. The second-order valence-electron chi connectivity index (χ2n) is 2.39. The molecule has 0 N–H and O–H groups in total. The zero-order valence-corrected chi connectivity index (χ0v) is 7.91. The van der Waals surface area contributed by atoms with E-state index in [2.05, 4.69) is 11.3 Å². The van der Waals surface area contributed by atoms with Crippen LogP contribution in [0.15, 0.2) is 12.7 Å². The molecule has 74 valence electrons. The van der Waals surface area contributed by atoms with E-state index in [0.29, 0.717) is 6.61 Å². The SMILES string of the molecule is C=CC(=O)OCC(OCC)C(C)=O. The Morgan fingerprint density at radius 1 is 1.54 bits per heavy atom. The molecule has 0 aromatic heterocycles.